The summed E-state index contributed by atoms with van der Waals surface area (Å²) in [6.07, 6.45) is 1.43. The number of hydrogen-bond donors (Lipinski definition) is 0. The molecule has 7 atom stereocenters. The van der Waals surface area contributed by atoms with E-state index in [2.05, 4.69) is 159 Å². The Hall–Kier alpha value is -0.120. The van der Waals surface area contributed by atoms with Gasteiger partial charge in [0.15, 0.2) is 0 Å². The first-order valence-electron chi connectivity index (χ1n) is 17.2. The van der Waals surface area contributed by atoms with Crippen molar-refractivity contribution in [1.82, 2.24) is 0 Å². The Morgan fingerprint density at radius 1 is 0.429 bits per heavy atom. The zero-order chi connectivity index (χ0) is 35.0. The van der Waals surface area contributed by atoms with Crippen molar-refractivity contribution < 1.29 is 14.2 Å². The lowest BCUT2D eigenvalue weighted by Crippen LogP contribution is -2.31. The molecule has 0 aliphatic heterocycles. The van der Waals surface area contributed by atoms with E-state index in [0.29, 0.717) is 63.8 Å². The lowest BCUT2D eigenvalue weighted by Gasteiger charge is -2.33. The molecule has 0 bridgehead atoms. The molecule has 7 unspecified atom stereocenters. The summed E-state index contributed by atoms with van der Waals surface area (Å²) in [6.45, 7) is 54.3. The molecule has 0 radical (unpaired) electrons. The molecule has 0 fully saturated rings. The Bertz CT molecular complexity index is 610. The van der Waals surface area contributed by atoms with Crippen LogP contribution in [0.1, 0.15) is 166 Å². The molecule has 3 nitrogen and oxygen atoms in total. The van der Waals surface area contributed by atoms with Gasteiger partial charge in [0.2, 0.25) is 0 Å². The minimum absolute atomic E-state index is 0.338. The van der Waals surface area contributed by atoms with Crippen LogP contribution in [0.4, 0.5) is 0 Å². The van der Waals surface area contributed by atoms with E-state index in [0.717, 1.165) is 18.4 Å². The first-order valence-corrected chi connectivity index (χ1v) is 17.2. The topological polar surface area (TPSA) is 27.7 Å². The van der Waals surface area contributed by atoms with Crippen LogP contribution >= 0.6 is 0 Å². The van der Waals surface area contributed by atoms with Crippen LogP contribution in [0.25, 0.3) is 0 Å². The number of ether oxygens (including phenoxy) is 3. The summed E-state index contributed by atoms with van der Waals surface area (Å²) in [5.74, 6) is 3.45. The van der Waals surface area contributed by atoms with Gasteiger partial charge >= 0.3 is 0 Å². The van der Waals surface area contributed by atoms with Crippen molar-refractivity contribution >= 4 is 0 Å². The van der Waals surface area contributed by atoms with Crippen molar-refractivity contribution in [2.45, 2.75) is 191 Å². The maximum absolute atomic E-state index is 5.74. The molecular formula is C39H86O3. The van der Waals surface area contributed by atoms with E-state index in [1.54, 1.807) is 7.11 Å². The lowest BCUT2D eigenvalue weighted by atomic mass is 9.76. The third-order valence-electron chi connectivity index (χ3n) is 9.86. The quantitative estimate of drug-likeness (QED) is 0.263. The molecule has 0 N–H and O–H groups in total. The first-order chi connectivity index (χ1) is 18.4. The van der Waals surface area contributed by atoms with Crippen LogP contribution in [0.5, 0.6) is 0 Å². The van der Waals surface area contributed by atoms with Crippen molar-refractivity contribution in [2.24, 2.45) is 51.2 Å². The molecule has 0 heterocycles. The van der Waals surface area contributed by atoms with Gasteiger partial charge in [-0.05, 0) is 92.8 Å². The molecule has 0 aromatic carbocycles. The summed E-state index contributed by atoms with van der Waals surface area (Å²) in [4.78, 5) is 0. The van der Waals surface area contributed by atoms with Gasteiger partial charge in [0.1, 0.15) is 0 Å². The average Bonchev–Trinajstić information content (AvgIpc) is 2.80. The maximum Gasteiger partial charge on any atom is 0.0580 e. The second kappa shape index (κ2) is 21.6. The molecular weight excluding hydrogens is 516 g/mol. The van der Waals surface area contributed by atoms with Crippen molar-refractivity contribution in [3.8, 4) is 0 Å². The monoisotopic (exact) mass is 603 g/mol. The first kappa shape index (κ1) is 48.8. The maximum atomic E-state index is 5.74. The van der Waals surface area contributed by atoms with Crippen LogP contribution in [0, 0.1) is 51.2 Å². The molecule has 0 aromatic heterocycles. The highest BCUT2D eigenvalue weighted by atomic mass is 16.5. The van der Waals surface area contributed by atoms with E-state index >= 15 is 0 Å². The van der Waals surface area contributed by atoms with Crippen LogP contribution in [0.15, 0.2) is 0 Å². The summed E-state index contributed by atoms with van der Waals surface area (Å²) < 4.78 is 16.5. The summed E-state index contributed by atoms with van der Waals surface area (Å²) in [7, 11) is 1.77. The second-order valence-electron chi connectivity index (χ2n) is 17.9. The molecule has 0 aliphatic rings. The lowest BCUT2D eigenvalue weighted by molar-refractivity contribution is -0.0383. The van der Waals surface area contributed by atoms with Crippen LogP contribution < -0.4 is 0 Å². The van der Waals surface area contributed by atoms with Gasteiger partial charge in [-0.1, -0.05) is 125 Å². The predicted octanol–water partition coefficient (Wildman–Crippen LogP) is 12.6. The van der Waals surface area contributed by atoms with Crippen LogP contribution in [-0.2, 0) is 14.2 Å². The smallest absolute Gasteiger partial charge is 0.0580 e. The van der Waals surface area contributed by atoms with Gasteiger partial charge in [0.25, 0.3) is 0 Å². The summed E-state index contributed by atoms with van der Waals surface area (Å²) in [5, 5.41) is 0. The zero-order valence-corrected chi connectivity index (χ0v) is 34.1. The third kappa shape index (κ3) is 25.2. The minimum atomic E-state index is 0.338. The molecule has 0 rings (SSSR count). The van der Waals surface area contributed by atoms with Crippen molar-refractivity contribution in [1.29, 1.82) is 0 Å². The highest BCUT2D eigenvalue weighted by Crippen LogP contribution is 2.32. The molecule has 260 valence electrons. The van der Waals surface area contributed by atoms with E-state index in [4.69, 9.17) is 14.2 Å². The van der Waals surface area contributed by atoms with E-state index < -0.39 is 0 Å². The zero-order valence-electron chi connectivity index (χ0n) is 34.1. The van der Waals surface area contributed by atoms with Gasteiger partial charge < -0.3 is 14.2 Å². The van der Waals surface area contributed by atoms with E-state index in [1.807, 2.05) is 6.92 Å². The van der Waals surface area contributed by atoms with Crippen LogP contribution in [0.3, 0.4) is 0 Å². The Morgan fingerprint density at radius 2 is 0.714 bits per heavy atom. The number of hydrogen-bond acceptors (Lipinski definition) is 3. The number of rotatable bonds is 9. The van der Waals surface area contributed by atoms with E-state index in [-0.39, 0.29) is 0 Å². The molecule has 0 amide bonds. The standard InChI is InChI=1S/C11H24O.C10H22O.C9H20O.C9H20/c1-8(2)12-10(4)9(3)11(5,6)7;1-7-11-9(3)8(2)10(4,5)6;1-7(8(2)10-6)9(3,4)5;1-7(2)8(3)9(4,5)6/h8-10H,1-7H3;8-9H,7H2,1-6H3;7-8H,1-6H3;7-8H,1-6H3. The molecule has 0 saturated carbocycles. The van der Waals surface area contributed by atoms with Gasteiger partial charge in [-0.3, -0.25) is 0 Å². The van der Waals surface area contributed by atoms with Crippen LogP contribution in [-0.4, -0.2) is 38.1 Å². The highest BCUT2D eigenvalue weighted by Gasteiger charge is 2.27. The van der Waals surface area contributed by atoms with Crippen molar-refractivity contribution in [2.75, 3.05) is 13.7 Å². The Morgan fingerprint density at radius 3 is 0.881 bits per heavy atom. The normalized spacial score (nSPS) is 17.8. The molecule has 0 spiro atoms. The van der Waals surface area contributed by atoms with E-state index in [1.165, 1.54) is 0 Å². The van der Waals surface area contributed by atoms with Gasteiger partial charge in [-0.15, -0.1) is 0 Å². The van der Waals surface area contributed by atoms with Gasteiger partial charge in [-0.25, -0.2) is 0 Å². The van der Waals surface area contributed by atoms with E-state index in [9.17, 15) is 0 Å². The van der Waals surface area contributed by atoms with Gasteiger partial charge in [0.05, 0.1) is 24.4 Å². The van der Waals surface area contributed by atoms with Crippen molar-refractivity contribution in [3.05, 3.63) is 0 Å². The van der Waals surface area contributed by atoms with Crippen molar-refractivity contribution in [3.63, 3.8) is 0 Å². The largest absolute Gasteiger partial charge is 0.381 e. The SMILES string of the molecule is CC(C)C(C)C(C)(C)C.CC(C)OC(C)C(C)C(C)(C)C.CCOC(C)C(C)C(C)(C)C.COC(C)C(C)C(C)(C)C. The fraction of sp³-hybridized carbons (Fsp3) is 1.00. The predicted molar refractivity (Wildman–Crippen MR) is 193 cm³/mol. The number of methoxy groups -OCH3 is 1. The summed E-state index contributed by atoms with van der Waals surface area (Å²) in [5.41, 5.74) is 1.53. The Labute approximate surface area is 269 Å². The highest BCUT2D eigenvalue weighted by molar-refractivity contribution is 4.76. The average molecular weight is 603 g/mol. The summed E-state index contributed by atoms with van der Waals surface area (Å²) >= 11 is 0. The molecule has 42 heavy (non-hydrogen) atoms. The molecule has 0 saturated heterocycles. The molecule has 0 aromatic rings. The molecule has 3 heteroatoms. The second-order valence-corrected chi connectivity index (χ2v) is 17.9. The third-order valence-corrected chi connectivity index (χ3v) is 9.86. The molecule has 0 aliphatic carbocycles. The fourth-order valence-electron chi connectivity index (χ4n) is 4.27. The van der Waals surface area contributed by atoms with Gasteiger partial charge in [0, 0.05) is 13.7 Å². The fourth-order valence-corrected chi connectivity index (χ4v) is 4.27. The Balaban J connectivity index is -0.000000230. The minimum Gasteiger partial charge on any atom is -0.381 e. The summed E-state index contributed by atoms with van der Waals surface area (Å²) in [6, 6.07) is 0. The van der Waals surface area contributed by atoms with Crippen LogP contribution in [0.2, 0.25) is 0 Å². The van der Waals surface area contributed by atoms with Gasteiger partial charge in [-0.2, -0.15) is 0 Å². The Kier molecular flexibility index (Phi) is 25.1.